The third kappa shape index (κ3) is 3.36. The van der Waals surface area contributed by atoms with Gasteiger partial charge in [-0.25, -0.2) is 10.0 Å². The summed E-state index contributed by atoms with van der Waals surface area (Å²) >= 11 is 5.97. The van der Waals surface area contributed by atoms with Crippen LogP contribution >= 0.6 is 11.6 Å². The van der Waals surface area contributed by atoms with E-state index in [1.165, 1.54) is 42.5 Å². The molecule has 3 N–H and O–H groups in total. The van der Waals surface area contributed by atoms with Gasteiger partial charge < -0.3 is 10.1 Å². The van der Waals surface area contributed by atoms with Gasteiger partial charge in [0.05, 0.1) is 16.8 Å². The van der Waals surface area contributed by atoms with E-state index in [1.807, 2.05) is 0 Å². The first-order chi connectivity index (χ1) is 15.2. The van der Waals surface area contributed by atoms with E-state index in [4.69, 9.17) is 11.6 Å². The Labute approximate surface area is 186 Å². The lowest BCUT2D eigenvalue weighted by atomic mass is 10.1. The largest absolute Gasteiger partial charge is 0.491 e. The molecule has 4 aromatic rings. The molecule has 0 radical (unpaired) electrons. The Bertz CT molecular complexity index is 1490. The lowest BCUT2D eigenvalue weighted by Crippen LogP contribution is -2.49. The molecule has 2 aromatic carbocycles. The first kappa shape index (κ1) is 21.7. The third-order valence-electron chi connectivity index (χ3n) is 5.57. The second-order valence-corrected chi connectivity index (χ2v) is 7.78. The van der Waals surface area contributed by atoms with E-state index in [2.05, 4.69) is 10.1 Å². The van der Waals surface area contributed by atoms with Gasteiger partial charge in [-0.15, -0.1) is 9.75 Å². The number of rotatable bonds is 4. The number of halogens is 1. The zero-order chi connectivity index (χ0) is 23.2. The van der Waals surface area contributed by atoms with E-state index in [0.717, 1.165) is 4.68 Å². The Hall–Kier alpha value is -3.53. The molecule has 0 aliphatic rings. The molecule has 4 rings (SSSR count). The van der Waals surface area contributed by atoms with Gasteiger partial charge in [-0.05, 0) is 56.3 Å². The van der Waals surface area contributed by atoms with Crippen molar-refractivity contribution in [1.82, 2.24) is 14.8 Å². The average Bonchev–Trinajstić information content (AvgIpc) is 2.80. The van der Waals surface area contributed by atoms with E-state index < -0.39 is 27.4 Å². The van der Waals surface area contributed by atoms with Crippen LogP contribution in [0.3, 0.4) is 0 Å². The lowest BCUT2D eigenvalue weighted by molar-refractivity contribution is -1.03. The Morgan fingerprint density at radius 2 is 1.78 bits per heavy atom. The number of amides is 1. The van der Waals surface area contributed by atoms with Crippen LogP contribution in [0.1, 0.15) is 24.2 Å². The van der Waals surface area contributed by atoms with Crippen molar-refractivity contribution >= 4 is 39.3 Å². The van der Waals surface area contributed by atoms with Gasteiger partial charge in [-0.3, -0.25) is 9.59 Å². The Balaban J connectivity index is 1.88. The summed E-state index contributed by atoms with van der Waals surface area (Å²) in [5, 5.41) is 25.1. The van der Waals surface area contributed by atoms with Gasteiger partial charge in [-0.2, -0.15) is 4.68 Å². The standard InChI is InChI=1S/C22H19ClN4O5/c1-3-27(32,4-2)22(31)12-5-8-14(9-6-12)26-21(30)17-18(20(29)25-26)24-16-11-13(23)7-10-15(16)19(17)28/h5-11,32H,3-4H2,1-2H3,(H-,24,25,28,29,30)/p+1. The molecule has 32 heavy (non-hydrogen) atoms. The first-order valence-electron chi connectivity index (χ1n) is 9.93. The number of carbonyl (C=O) groups excluding carboxylic acids is 1. The Kier molecular flexibility index (Phi) is 5.33. The highest BCUT2D eigenvalue weighted by atomic mass is 35.5. The maximum Gasteiger partial charge on any atom is 0.377 e. The van der Waals surface area contributed by atoms with Crippen LogP contribution in [0.25, 0.3) is 27.5 Å². The molecule has 2 heterocycles. The molecule has 0 spiro atoms. The minimum absolute atomic E-state index is 0.0916. The van der Waals surface area contributed by atoms with Crippen LogP contribution in [-0.4, -0.2) is 48.7 Å². The molecule has 9 nitrogen and oxygen atoms in total. The molecule has 0 bridgehead atoms. The van der Waals surface area contributed by atoms with Crippen molar-refractivity contribution < 1.29 is 19.8 Å². The van der Waals surface area contributed by atoms with Crippen LogP contribution in [0.2, 0.25) is 5.02 Å². The van der Waals surface area contributed by atoms with Crippen molar-refractivity contribution in [3.8, 4) is 11.6 Å². The molecule has 0 unspecified atom stereocenters. The number of benzene rings is 2. The van der Waals surface area contributed by atoms with Crippen molar-refractivity contribution in [2.45, 2.75) is 13.8 Å². The van der Waals surface area contributed by atoms with Crippen molar-refractivity contribution in [2.75, 3.05) is 13.1 Å². The lowest BCUT2D eigenvalue weighted by Gasteiger charge is -2.24. The van der Waals surface area contributed by atoms with E-state index >= 15 is 0 Å². The normalized spacial score (nSPS) is 11.9. The fourth-order valence-electron chi connectivity index (χ4n) is 3.60. The summed E-state index contributed by atoms with van der Waals surface area (Å²) in [6, 6.07) is 10.4. The summed E-state index contributed by atoms with van der Waals surface area (Å²) in [6.45, 7) is 3.82. The number of aromatic hydroxyl groups is 1. The van der Waals surface area contributed by atoms with Crippen LogP contribution in [0.4, 0.5) is 0 Å². The summed E-state index contributed by atoms with van der Waals surface area (Å²) in [7, 11) is 0. The molecule has 0 atom stereocenters. The zero-order valence-corrected chi connectivity index (χ0v) is 18.1. The summed E-state index contributed by atoms with van der Waals surface area (Å²) in [4.78, 5) is 41.6. The monoisotopic (exact) mass is 455 g/mol. The zero-order valence-electron chi connectivity index (χ0n) is 17.3. The number of nitrogens with one attached hydrogen (secondary N) is 1. The number of hydroxylamine groups is 3. The SMILES string of the molecule is CC[N+](O)(CC)C(=O)c1ccc(-n2nc(O)c3[nH]c4cc(Cl)ccc4c(=O)c3c2=O)cc1. The number of aromatic amines is 1. The number of hydrogen-bond donors (Lipinski definition) is 3. The number of quaternary nitrogens is 1. The highest BCUT2D eigenvalue weighted by Gasteiger charge is 2.33. The smallest absolute Gasteiger partial charge is 0.377 e. The van der Waals surface area contributed by atoms with Gasteiger partial charge in [0.1, 0.15) is 24.0 Å². The molecule has 1 amide bonds. The maximum atomic E-state index is 13.1. The average molecular weight is 456 g/mol. The van der Waals surface area contributed by atoms with Crippen LogP contribution in [0, 0.1) is 0 Å². The number of H-pyrrole nitrogens is 1. The molecule has 0 saturated heterocycles. The predicted octanol–water partition coefficient (Wildman–Crippen LogP) is 2.97. The van der Waals surface area contributed by atoms with Gasteiger partial charge in [0.25, 0.3) is 11.4 Å². The highest BCUT2D eigenvalue weighted by Crippen LogP contribution is 2.22. The summed E-state index contributed by atoms with van der Waals surface area (Å²) in [6.07, 6.45) is 0. The maximum absolute atomic E-state index is 13.1. The number of aromatic nitrogens is 3. The summed E-state index contributed by atoms with van der Waals surface area (Å²) in [5.74, 6) is -1.02. The fourth-order valence-corrected chi connectivity index (χ4v) is 3.77. The molecule has 10 heteroatoms. The van der Waals surface area contributed by atoms with Gasteiger partial charge in [0.15, 0.2) is 0 Å². The number of nitrogens with zero attached hydrogens (tertiary/aromatic N) is 3. The van der Waals surface area contributed by atoms with Gasteiger partial charge >= 0.3 is 5.91 Å². The predicted molar refractivity (Wildman–Crippen MR) is 120 cm³/mol. The van der Waals surface area contributed by atoms with Crippen LogP contribution in [0.5, 0.6) is 5.88 Å². The van der Waals surface area contributed by atoms with Crippen molar-refractivity contribution in [3.05, 3.63) is 73.6 Å². The summed E-state index contributed by atoms with van der Waals surface area (Å²) in [5.41, 5.74) is -0.538. The Morgan fingerprint density at radius 1 is 1.12 bits per heavy atom. The number of hydrogen-bond acceptors (Lipinski definition) is 6. The highest BCUT2D eigenvalue weighted by molar-refractivity contribution is 6.31. The molecule has 0 saturated carbocycles. The molecule has 0 aliphatic carbocycles. The van der Waals surface area contributed by atoms with Crippen molar-refractivity contribution in [1.29, 1.82) is 0 Å². The van der Waals surface area contributed by atoms with Crippen molar-refractivity contribution in [3.63, 3.8) is 0 Å². The minimum atomic E-state index is -0.749. The number of fused-ring (bicyclic) bond motifs is 2. The van der Waals surface area contributed by atoms with Crippen LogP contribution < -0.4 is 11.0 Å². The Morgan fingerprint density at radius 3 is 2.41 bits per heavy atom. The van der Waals surface area contributed by atoms with Crippen molar-refractivity contribution in [2.24, 2.45) is 0 Å². The molecular formula is C22H20ClN4O5+. The molecule has 2 aromatic heterocycles. The van der Waals surface area contributed by atoms with Gasteiger partial charge in [-0.1, -0.05) is 11.6 Å². The molecule has 0 aliphatic heterocycles. The first-order valence-corrected chi connectivity index (χ1v) is 10.3. The minimum Gasteiger partial charge on any atom is -0.491 e. The van der Waals surface area contributed by atoms with E-state index in [-0.39, 0.29) is 40.6 Å². The van der Waals surface area contributed by atoms with E-state index in [9.17, 15) is 24.7 Å². The quantitative estimate of drug-likeness (QED) is 0.188. The fraction of sp³-hybridized carbons (Fsp3) is 0.182. The third-order valence-corrected chi connectivity index (χ3v) is 5.81. The van der Waals surface area contributed by atoms with Crippen LogP contribution in [-0.2, 0) is 0 Å². The summed E-state index contributed by atoms with van der Waals surface area (Å²) < 4.78 is 0.143. The van der Waals surface area contributed by atoms with Gasteiger partial charge in [0.2, 0.25) is 5.43 Å². The second-order valence-electron chi connectivity index (χ2n) is 7.34. The number of pyridine rings is 1. The molecule has 164 valence electrons. The molecule has 0 fully saturated rings. The topological polar surface area (TPSA) is 125 Å². The van der Waals surface area contributed by atoms with Gasteiger partial charge in [0, 0.05) is 10.4 Å². The van der Waals surface area contributed by atoms with E-state index in [0.29, 0.717) is 10.5 Å². The van der Waals surface area contributed by atoms with E-state index in [1.54, 1.807) is 13.8 Å². The van der Waals surface area contributed by atoms with Crippen LogP contribution in [0.15, 0.2) is 52.1 Å². The second kappa shape index (κ2) is 7.86. The number of carbonyl (C=O) groups is 1. The molecular weight excluding hydrogens is 436 g/mol.